The SMILES string of the molecule is CCn1cnc(S(=O)(=O)NC(C(=N)N)C2CCCCC2)c1. The molecule has 0 spiro atoms. The molecular weight excluding hydrogens is 290 g/mol. The second-order valence-electron chi connectivity index (χ2n) is 5.49. The molecule has 8 heteroatoms. The Morgan fingerprint density at radius 1 is 1.52 bits per heavy atom. The van der Waals surface area contributed by atoms with E-state index >= 15 is 0 Å². The van der Waals surface area contributed by atoms with Crippen LogP contribution in [0.1, 0.15) is 39.0 Å². The average Bonchev–Trinajstić information content (AvgIpc) is 2.95. The number of nitrogens with two attached hydrogens (primary N) is 1. The highest BCUT2D eigenvalue weighted by molar-refractivity contribution is 7.89. The van der Waals surface area contributed by atoms with E-state index in [0.717, 1.165) is 32.1 Å². The first kappa shape index (κ1) is 16.0. The first-order chi connectivity index (χ1) is 9.94. The Kier molecular flexibility index (Phi) is 5.00. The van der Waals surface area contributed by atoms with E-state index < -0.39 is 16.1 Å². The molecule has 2 rings (SSSR count). The van der Waals surface area contributed by atoms with Crippen LogP contribution in [0.25, 0.3) is 0 Å². The van der Waals surface area contributed by atoms with Gasteiger partial charge < -0.3 is 10.3 Å². The summed E-state index contributed by atoms with van der Waals surface area (Å²) >= 11 is 0. The number of sulfonamides is 1. The summed E-state index contributed by atoms with van der Waals surface area (Å²) < 4.78 is 29.0. The van der Waals surface area contributed by atoms with Crippen molar-refractivity contribution in [2.45, 2.75) is 56.6 Å². The Labute approximate surface area is 125 Å². The number of hydrogen-bond acceptors (Lipinski definition) is 4. The Hall–Kier alpha value is -1.41. The van der Waals surface area contributed by atoms with Crippen molar-refractivity contribution in [3.63, 3.8) is 0 Å². The highest BCUT2D eigenvalue weighted by atomic mass is 32.2. The van der Waals surface area contributed by atoms with Gasteiger partial charge in [0.25, 0.3) is 10.0 Å². The lowest BCUT2D eigenvalue weighted by Crippen LogP contribution is -2.49. The van der Waals surface area contributed by atoms with Gasteiger partial charge in [0, 0.05) is 12.7 Å². The van der Waals surface area contributed by atoms with E-state index in [1.807, 2.05) is 6.92 Å². The van der Waals surface area contributed by atoms with Crippen molar-refractivity contribution in [1.29, 1.82) is 5.41 Å². The van der Waals surface area contributed by atoms with Gasteiger partial charge >= 0.3 is 0 Å². The van der Waals surface area contributed by atoms with Crippen molar-refractivity contribution in [3.05, 3.63) is 12.5 Å². The lowest BCUT2D eigenvalue weighted by molar-refractivity contribution is 0.328. The maximum Gasteiger partial charge on any atom is 0.260 e. The number of rotatable bonds is 6. The van der Waals surface area contributed by atoms with Crippen LogP contribution in [0.15, 0.2) is 17.6 Å². The van der Waals surface area contributed by atoms with E-state index in [-0.39, 0.29) is 16.8 Å². The molecule has 1 aliphatic rings. The van der Waals surface area contributed by atoms with Crippen molar-refractivity contribution < 1.29 is 8.42 Å². The van der Waals surface area contributed by atoms with E-state index in [4.69, 9.17) is 11.1 Å². The first-order valence-corrected chi connectivity index (χ1v) is 8.80. The maximum atomic E-state index is 12.4. The summed E-state index contributed by atoms with van der Waals surface area (Å²) in [6, 6.07) is -0.637. The predicted molar refractivity (Wildman–Crippen MR) is 80.5 cm³/mol. The number of amidine groups is 1. The molecule has 1 aromatic heterocycles. The van der Waals surface area contributed by atoms with E-state index in [2.05, 4.69) is 9.71 Å². The summed E-state index contributed by atoms with van der Waals surface area (Å²) in [6.45, 7) is 2.56. The summed E-state index contributed by atoms with van der Waals surface area (Å²) in [5, 5.41) is 7.68. The van der Waals surface area contributed by atoms with Crippen LogP contribution in [0.5, 0.6) is 0 Å². The summed E-state index contributed by atoms with van der Waals surface area (Å²) in [6.07, 6.45) is 8.04. The summed E-state index contributed by atoms with van der Waals surface area (Å²) in [7, 11) is -3.75. The van der Waals surface area contributed by atoms with Crippen LogP contribution >= 0.6 is 0 Å². The molecule has 0 aromatic carbocycles. The smallest absolute Gasteiger partial charge is 0.260 e. The van der Waals surface area contributed by atoms with E-state index in [9.17, 15) is 8.42 Å². The van der Waals surface area contributed by atoms with Crippen molar-refractivity contribution in [1.82, 2.24) is 14.3 Å². The minimum atomic E-state index is -3.75. The second-order valence-corrected chi connectivity index (χ2v) is 7.16. The standard InChI is InChI=1S/C13H23N5O2S/c1-2-18-8-11(16-9-18)21(19,20)17-12(13(14)15)10-6-4-3-5-7-10/h8-10,12,17H,2-7H2,1H3,(H3,14,15). The highest BCUT2D eigenvalue weighted by Crippen LogP contribution is 2.27. The van der Waals surface area contributed by atoms with Gasteiger partial charge in [0.15, 0.2) is 5.03 Å². The third-order valence-corrected chi connectivity index (χ3v) is 5.31. The van der Waals surface area contributed by atoms with Crippen LogP contribution in [0.3, 0.4) is 0 Å². The molecule has 4 N–H and O–H groups in total. The van der Waals surface area contributed by atoms with Gasteiger partial charge in [-0.05, 0) is 25.7 Å². The maximum absolute atomic E-state index is 12.4. The van der Waals surface area contributed by atoms with Crippen molar-refractivity contribution in [2.75, 3.05) is 0 Å². The Morgan fingerprint density at radius 3 is 2.71 bits per heavy atom. The fourth-order valence-corrected chi connectivity index (χ4v) is 3.99. The van der Waals surface area contributed by atoms with Gasteiger partial charge in [-0.3, -0.25) is 5.41 Å². The number of imidazole rings is 1. The van der Waals surface area contributed by atoms with E-state index in [1.165, 1.54) is 12.5 Å². The molecule has 0 radical (unpaired) electrons. The Bertz CT molecular complexity index is 589. The minimum Gasteiger partial charge on any atom is -0.386 e. The molecule has 0 amide bonds. The molecule has 0 bridgehead atoms. The van der Waals surface area contributed by atoms with Gasteiger partial charge in [-0.2, -0.15) is 4.72 Å². The third kappa shape index (κ3) is 3.82. The quantitative estimate of drug-likeness (QED) is 0.538. The van der Waals surface area contributed by atoms with Crippen LogP contribution in [0, 0.1) is 11.3 Å². The normalized spacial score (nSPS) is 18.5. The van der Waals surface area contributed by atoms with Crippen LogP contribution in [0.4, 0.5) is 0 Å². The van der Waals surface area contributed by atoms with Crippen LogP contribution < -0.4 is 10.5 Å². The summed E-state index contributed by atoms with van der Waals surface area (Å²) in [4.78, 5) is 3.92. The lowest BCUT2D eigenvalue weighted by Gasteiger charge is -2.29. The van der Waals surface area contributed by atoms with Gasteiger partial charge in [0.2, 0.25) is 0 Å². The van der Waals surface area contributed by atoms with Crippen LogP contribution in [-0.4, -0.2) is 29.8 Å². The third-order valence-electron chi connectivity index (χ3n) is 3.99. The van der Waals surface area contributed by atoms with Crippen LogP contribution in [0.2, 0.25) is 0 Å². The van der Waals surface area contributed by atoms with Crippen molar-refractivity contribution in [2.24, 2.45) is 11.7 Å². The van der Waals surface area contributed by atoms with E-state index in [0.29, 0.717) is 6.54 Å². The predicted octanol–water partition coefficient (Wildman–Crippen LogP) is 1.07. The number of hydrogen-bond donors (Lipinski definition) is 3. The number of nitrogens with zero attached hydrogens (tertiary/aromatic N) is 2. The van der Waals surface area contributed by atoms with Gasteiger partial charge in [-0.25, -0.2) is 13.4 Å². The van der Waals surface area contributed by atoms with Crippen molar-refractivity contribution in [3.8, 4) is 0 Å². The fraction of sp³-hybridized carbons (Fsp3) is 0.692. The molecule has 1 aromatic rings. The van der Waals surface area contributed by atoms with E-state index in [1.54, 1.807) is 4.57 Å². The van der Waals surface area contributed by atoms with Crippen molar-refractivity contribution >= 4 is 15.9 Å². The highest BCUT2D eigenvalue weighted by Gasteiger charge is 2.31. The molecule has 1 atom stereocenters. The number of nitrogens with one attached hydrogen (secondary N) is 2. The van der Waals surface area contributed by atoms with Gasteiger partial charge in [0.05, 0.1) is 12.4 Å². The largest absolute Gasteiger partial charge is 0.386 e. The lowest BCUT2D eigenvalue weighted by atomic mass is 9.84. The second kappa shape index (κ2) is 6.57. The zero-order valence-electron chi connectivity index (χ0n) is 12.2. The molecule has 1 unspecified atom stereocenters. The molecule has 1 heterocycles. The summed E-state index contributed by atoms with van der Waals surface area (Å²) in [5.74, 6) is -0.0281. The Morgan fingerprint density at radius 2 is 2.19 bits per heavy atom. The zero-order chi connectivity index (χ0) is 15.5. The van der Waals surface area contributed by atoms with Crippen LogP contribution in [-0.2, 0) is 16.6 Å². The molecular formula is C13H23N5O2S. The number of aryl methyl sites for hydroxylation is 1. The molecule has 1 fully saturated rings. The molecule has 0 saturated heterocycles. The Balaban J connectivity index is 2.16. The summed E-state index contributed by atoms with van der Waals surface area (Å²) in [5.41, 5.74) is 5.61. The molecule has 0 aliphatic heterocycles. The molecule has 1 saturated carbocycles. The zero-order valence-corrected chi connectivity index (χ0v) is 13.1. The number of aromatic nitrogens is 2. The average molecular weight is 313 g/mol. The molecule has 118 valence electrons. The monoisotopic (exact) mass is 313 g/mol. The van der Waals surface area contributed by atoms with Gasteiger partial charge in [-0.1, -0.05) is 19.3 Å². The minimum absolute atomic E-state index is 0.0218. The van der Waals surface area contributed by atoms with Gasteiger partial charge in [-0.15, -0.1) is 0 Å². The first-order valence-electron chi connectivity index (χ1n) is 7.32. The molecule has 21 heavy (non-hydrogen) atoms. The molecule has 7 nitrogen and oxygen atoms in total. The fourth-order valence-electron chi connectivity index (χ4n) is 2.76. The van der Waals surface area contributed by atoms with Gasteiger partial charge in [0.1, 0.15) is 5.84 Å². The topological polar surface area (TPSA) is 114 Å². The molecule has 1 aliphatic carbocycles.